The molecule has 5 rings (SSSR count). The largest absolute Gasteiger partial charge is 0.453 e. The van der Waals surface area contributed by atoms with E-state index in [1.54, 1.807) is 6.20 Å². The Labute approximate surface area is 322 Å². The van der Waals surface area contributed by atoms with E-state index < -0.39 is 29.8 Å². The minimum absolute atomic E-state index is 0.0880. The molecule has 55 heavy (non-hydrogen) atoms. The summed E-state index contributed by atoms with van der Waals surface area (Å²) >= 11 is 0. The number of hydrogen-bond acceptors (Lipinski definition) is 9. The smallest absolute Gasteiger partial charge is 0.407 e. The van der Waals surface area contributed by atoms with Crippen molar-refractivity contribution in [3.05, 3.63) is 60.4 Å². The molecule has 1 saturated heterocycles. The van der Waals surface area contributed by atoms with Gasteiger partial charge < -0.3 is 39.7 Å². The number of amides is 4. The molecule has 1 fully saturated rings. The zero-order valence-corrected chi connectivity index (χ0v) is 33.2. The van der Waals surface area contributed by atoms with Crippen LogP contribution in [0.2, 0.25) is 0 Å². The van der Waals surface area contributed by atoms with Crippen LogP contribution in [0, 0.1) is 11.8 Å². The summed E-state index contributed by atoms with van der Waals surface area (Å²) in [6.45, 7) is 12.7. The summed E-state index contributed by atoms with van der Waals surface area (Å²) in [5.41, 5.74) is 4.66. The number of benzene rings is 2. The summed E-state index contributed by atoms with van der Waals surface area (Å²) in [5, 5.41) is 8.23. The number of aromatic amines is 1. The number of nitrogens with zero attached hydrogens (tertiary/aromatic N) is 3. The molecule has 14 nitrogen and oxygen atoms in total. The van der Waals surface area contributed by atoms with Gasteiger partial charge in [-0.15, -0.1) is 0 Å². The molecule has 4 aromatic rings. The minimum atomic E-state index is -0.711. The van der Waals surface area contributed by atoms with Crippen molar-refractivity contribution in [2.75, 3.05) is 27.3 Å². The van der Waals surface area contributed by atoms with Crippen molar-refractivity contribution in [3.8, 4) is 22.4 Å². The number of oxazole rings is 1. The number of ether oxygens (including phenoxy) is 2. The van der Waals surface area contributed by atoms with Gasteiger partial charge in [0.25, 0.3) is 0 Å². The summed E-state index contributed by atoms with van der Waals surface area (Å²) in [5.74, 6) is 0.860. The lowest BCUT2D eigenvalue weighted by Crippen LogP contribution is -2.55. The van der Waals surface area contributed by atoms with Gasteiger partial charge in [0.2, 0.25) is 11.8 Å². The lowest BCUT2D eigenvalue weighted by Gasteiger charge is -2.37. The topological polar surface area (TPSA) is 181 Å². The van der Waals surface area contributed by atoms with E-state index in [9.17, 15) is 19.2 Å². The number of imidazole rings is 1. The molecule has 0 bridgehead atoms. The highest BCUT2D eigenvalue weighted by molar-refractivity contribution is 5.87. The van der Waals surface area contributed by atoms with E-state index >= 15 is 0 Å². The number of methoxy groups -OCH3 is 2. The normalized spacial score (nSPS) is 17.2. The van der Waals surface area contributed by atoms with Gasteiger partial charge in [-0.05, 0) is 79.7 Å². The number of carbonyl (C=O) groups is 4. The van der Waals surface area contributed by atoms with E-state index in [1.165, 1.54) is 14.2 Å². The Balaban J connectivity index is 1.23. The predicted octanol–water partition coefficient (Wildman–Crippen LogP) is 6.87. The Hall–Kier alpha value is -5.40. The molecule has 3 heterocycles. The van der Waals surface area contributed by atoms with Crippen LogP contribution in [-0.4, -0.2) is 83.2 Å². The Kier molecular flexibility index (Phi) is 13.2. The van der Waals surface area contributed by atoms with Crippen molar-refractivity contribution in [1.29, 1.82) is 0 Å². The fourth-order valence-corrected chi connectivity index (χ4v) is 7.20. The maximum Gasteiger partial charge on any atom is 0.407 e. The third-order valence-corrected chi connectivity index (χ3v) is 10.6. The van der Waals surface area contributed by atoms with Crippen molar-refractivity contribution >= 4 is 35.1 Å². The third kappa shape index (κ3) is 9.29. The summed E-state index contributed by atoms with van der Waals surface area (Å²) in [7, 11) is 2.56. The standard InChI is InChI=1S/C41H55N7O7/c1-9-26(12-10-20-42-35(49)33(24(2)3)46-39(51)53-7)36-44-30-18-17-29(22-32(30)55-36)27-13-15-28(16-14-27)31-23-43-38(45-31)41(6)19-11-21-48(41)37(50)34(25(4)5)47-40(52)54-8/h13-18,22-26,33-34H,9-12,19-21H2,1-8H3,(H,42,49)(H,43,45)(H,46,51)(H,47,52). The maximum atomic E-state index is 13.7. The summed E-state index contributed by atoms with van der Waals surface area (Å²) in [4.78, 5) is 64.9. The first-order valence-corrected chi connectivity index (χ1v) is 19.1. The molecule has 296 valence electrons. The molecule has 0 aliphatic carbocycles. The highest BCUT2D eigenvalue weighted by atomic mass is 16.5. The van der Waals surface area contributed by atoms with Crippen molar-refractivity contribution in [2.24, 2.45) is 11.8 Å². The van der Waals surface area contributed by atoms with E-state index in [-0.39, 0.29) is 29.6 Å². The van der Waals surface area contributed by atoms with E-state index in [4.69, 9.17) is 19.1 Å². The number of fused-ring (bicyclic) bond motifs is 1. The first-order chi connectivity index (χ1) is 26.3. The molecule has 2 aromatic heterocycles. The van der Waals surface area contributed by atoms with Crippen LogP contribution < -0.4 is 16.0 Å². The van der Waals surface area contributed by atoms with Gasteiger partial charge in [-0.1, -0.05) is 65.0 Å². The fraction of sp³-hybridized carbons (Fsp3) is 0.512. The molecule has 4 unspecified atom stereocenters. The number of alkyl carbamates (subject to hydrolysis) is 2. The molecule has 4 N–H and O–H groups in total. The highest BCUT2D eigenvalue weighted by Gasteiger charge is 2.46. The number of rotatable bonds is 15. The van der Waals surface area contributed by atoms with Crippen LogP contribution in [0.4, 0.5) is 9.59 Å². The Morgan fingerprint density at radius 3 is 2.20 bits per heavy atom. The first-order valence-electron chi connectivity index (χ1n) is 19.1. The quantitative estimate of drug-likeness (QED) is 0.0941. The molecular formula is C41H55N7O7. The number of likely N-dealkylation sites (tertiary alicyclic amines) is 1. The van der Waals surface area contributed by atoms with Crippen molar-refractivity contribution in [3.63, 3.8) is 0 Å². The van der Waals surface area contributed by atoms with Gasteiger partial charge >= 0.3 is 12.2 Å². The fourth-order valence-electron chi connectivity index (χ4n) is 7.20. The second-order valence-corrected chi connectivity index (χ2v) is 15.1. The molecule has 4 amide bonds. The lowest BCUT2D eigenvalue weighted by molar-refractivity contribution is -0.138. The molecular weight excluding hydrogens is 702 g/mol. The van der Waals surface area contributed by atoms with Gasteiger partial charge in [0.1, 0.15) is 23.4 Å². The molecule has 1 aliphatic rings. The molecule has 1 aliphatic heterocycles. The third-order valence-electron chi connectivity index (χ3n) is 10.6. The second-order valence-electron chi connectivity index (χ2n) is 15.1. The number of nitrogens with one attached hydrogen (secondary N) is 4. The van der Waals surface area contributed by atoms with Gasteiger partial charge in [0.15, 0.2) is 11.5 Å². The molecule has 0 saturated carbocycles. The second kappa shape index (κ2) is 17.8. The van der Waals surface area contributed by atoms with Crippen LogP contribution in [0.25, 0.3) is 33.5 Å². The number of aromatic nitrogens is 3. The van der Waals surface area contributed by atoms with Gasteiger partial charge in [-0.3, -0.25) is 9.59 Å². The molecule has 0 spiro atoms. The van der Waals surface area contributed by atoms with E-state index in [0.29, 0.717) is 30.4 Å². The number of H-pyrrole nitrogens is 1. The molecule has 4 atom stereocenters. The van der Waals surface area contributed by atoms with E-state index in [0.717, 1.165) is 60.0 Å². The zero-order chi connectivity index (χ0) is 39.9. The van der Waals surface area contributed by atoms with Crippen molar-refractivity contribution in [2.45, 2.75) is 97.2 Å². The summed E-state index contributed by atoms with van der Waals surface area (Å²) in [6, 6.07) is 12.8. The zero-order valence-electron chi connectivity index (χ0n) is 33.2. The number of hydrogen-bond donors (Lipinski definition) is 4. The lowest BCUT2D eigenvalue weighted by atomic mass is 9.95. The Morgan fingerprint density at radius 1 is 0.927 bits per heavy atom. The average molecular weight is 758 g/mol. The van der Waals surface area contributed by atoms with Gasteiger partial charge in [-0.2, -0.15) is 0 Å². The summed E-state index contributed by atoms with van der Waals surface area (Å²) in [6.07, 6.45) is 4.44. The summed E-state index contributed by atoms with van der Waals surface area (Å²) < 4.78 is 15.7. The van der Waals surface area contributed by atoms with Crippen LogP contribution in [0.15, 0.2) is 53.1 Å². The van der Waals surface area contributed by atoms with Crippen LogP contribution in [-0.2, 0) is 24.6 Å². The van der Waals surface area contributed by atoms with Gasteiger partial charge in [0.05, 0.1) is 31.6 Å². The SMILES string of the molecule is CCC(CCCNC(=O)C(NC(=O)OC)C(C)C)c1nc2ccc(-c3ccc(-c4cnc(C5(C)CCCN5C(=O)C(NC(=O)OC)C(C)C)[nH]4)cc3)cc2o1. The minimum Gasteiger partial charge on any atom is -0.453 e. The van der Waals surface area contributed by atoms with Crippen LogP contribution in [0.3, 0.4) is 0 Å². The Bertz CT molecular complexity index is 1950. The van der Waals surface area contributed by atoms with Crippen LogP contribution >= 0.6 is 0 Å². The molecule has 14 heteroatoms. The highest BCUT2D eigenvalue weighted by Crippen LogP contribution is 2.39. The van der Waals surface area contributed by atoms with Crippen molar-refractivity contribution in [1.82, 2.24) is 35.8 Å². The van der Waals surface area contributed by atoms with E-state index in [2.05, 4.69) is 44.7 Å². The molecule has 0 radical (unpaired) electrons. The average Bonchev–Trinajstić information content (AvgIpc) is 3.94. The van der Waals surface area contributed by atoms with Crippen LogP contribution in [0.1, 0.15) is 91.3 Å². The monoisotopic (exact) mass is 757 g/mol. The maximum absolute atomic E-state index is 13.7. The molecule has 2 aromatic carbocycles. The first kappa shape index (κ1) is 40.8. The predicted molar refractivity (Wildman–Crippen MR) is 209 cm³/mol. The Morgan fingerprint density at radius 2 is 1.56 bits per heavy atom. The van der Waals surface area contributed by atoms with Gasteiger partial charge in [0, 0.05) is 19.0 Å². The van der Waals surface area contributed by atoms with Crippen LogP contribution in [0.5, 0.6) is 0 Å². The van der Waals surface area contributed by atoms with Gasteiger partial charge in [-0.25, -0.2) is 19.6 Å². The van der Waals surface area contributed by atoms with Crippen molar-refractivity contribution < 1.29 is 33.1 Å². The van der Waals surface area contributed by atoms with E-state index in [1.807, 2.05) is 69.9 Å². The number of carbonyl (C=O) groups excluding carboxylic acids is 4.